The van der Waals surface area contributed by atoms with E-state index in [1.165, 1.54) is 4.90 Å². The van der Waals surface area contributed by atoms with Gasteiger partial charge >= 0.3 is 42.6 Å². The van der Waals surface area contributed by atoms with Crippen LogP contribution in [0.3, 0.4) is 0 Å². The number of hydrogen-bond acceptors (Lipinski definition) is 6. The summed E-state index contributed by atoms with van der Waals surface area (Å²) in [5.41, 5.74) is 5.87. The monoisotopic (exact) mass is 607 g/mol. The van der Waals surface area contributed by atoms with Gasteiger partial charge in [-0.25, -0.2) is 14.4 Å². The molecule has 0 radical (unpaired) electrons. The van der Waals surface area contributed by atoms with Crippen molar-refractivity contribution in [2.75, 3.05) is 32.7 Å². The van der Waals surface area contributed by atoms with E-state index in [-0.39, 0.29) is 0 Å². The zero-order valence-corrected chi connectivity index (χ0v) is 19.6. The molecule has 0 aromatic carbocycles. The molecule has 0 aromatic heterocycles. The van der Waals surface area contributed by atoms with E-state index >= 15 is 0 Å². The van der Waals surface area contributed by atoms with Gasteiger partial charge in [-0.2, -0.15) is 52.7 Å². The lowest BCUT2D eigenvalue weighted by atomic mass is 9.90. The highest BCUT2D eigenvalue weighted by Gasteiger charge is 2.39. The van der Waals surface area contributed by atoms with E-state index in [2.05, 4.69) is 4.90 Å². The van der Waals surface area contributed by atoms with E-state index < -0.39 is 49.2 Å². The number of piperazine rings is 1. The van der Waals surface area contributed by atoms with Gasteiger partial charge in [-0.3, -0.25) is 9.80 Å². The molecular weight excluding hydrogens is 582 g/mol. The van der Waals surface area contributed by atoms with Gasteiger partial charge in [-0.1, -0.05) is 0 Å². The fourth-order valence-corrected chi connectivity index (χ4v) is 3.01. The second-order valence-corrected chi connectivity index (χ2v) is 7.90. The van der Waals surface area contributed by atoms with E-state index in [1.54, 1.807) is 0 Å². The quantitative estimate of drug-likeness (QED) is 0.348. The zero-order valence-electron chi connectivity index (χ0n) is 19.6. The molecule has 0 amide bonds. The van der Waals surface area contributed by atoms with Crippen molar-refractivity contribution in [2.24, 2.45) is 5.73 Å². The molecule has 9 nitrogen and oxygen atoms in total. The molecule has 0 unspecified atom stereocenters. The molecule has 1 saturated carbocycles. The van der Waals surface area contributed by atoms with Gasteiger partial charge in [0.25, 0.3) is 0 Å². The highest BCUT2D eigenvalue weighted by Crippen LogP contribution is 2.24. The number of hydrogen-bond donors (Lipinski definition) is 4. The minimum atomic E-state index is -5.08. The van der Waals surface area contributed by atoms with Crippen LogP contribution in [-0.4, -0.2) is 113 Å². The minimum absolute atomic E-state index is 0.327. The molecule has 5 N–H and O–H groups in total. The van der Waals surface area contributed by atoms with Crippen LogP contribution in [0.5, 0.6) is 0 Å². The van der Waals surface area contributed by atoms with Crippen LogP contribution < -0.4 is 5.73 Å². The third-order valence-corrected chi connectivity index (χ3v) is 4.80. The van der Waals surface area contributed by atoms with Crippen LogP contribution in [0.25, 0.3) is 0 Å². The van der Waals surface area contributed by atoms with Gasteiger partial charge in [0.1, 0.15) is 0 Å². The Morgan fingerprint density at radius 3 is 1.13 bits per heavy atom. The van der Waals surface area contributed by atoms with E-state index in [4.69, 9.17) is 35.4 Å². The Bertz CT molecular complexity index is 698. The smallest absolute Gasteiger partial charge is 0.475 e. The molecule has 1 heterocycles. The Kier molecular flexibility index (Phi) is 15.7. The van der Waals surface area contributed by atoms with Gasteiger partial charge in [0, 0.05) is 38.3 Å². The standard InChI is InChI=1S/C12H22F3N3.3C2HF3O2/c13-12(14,15)9-17-5-7-18(8-6-17)11-3-1-10(16)2-4-11;3*3-2(4,5)1(6)7/h10-11H,1-9,16H2;3*(H,6,7). The van der Waals surface area contributed by atoms with Crippen LogP contribution in [0.4, 0.5) is 52.7 Å². The number of carbonyl (C=O) groups is 3. The molecule has 2 rings (SSSR count). The number of halogens is 12. The van der Waals surface area contributed by atoms with E-state index in [0.29, 0.717) is 25.2 Å². The predicted molar refractivity (Wildman–Crippen MR) is 105 cm³/mol. The van der Waals surface area contributed by atoms with Crippen LogP contribution in [0.15, 0.2) is 0 Å². The average molecular weight is 607 g/mol. The fourth-order valence-electron chi connectivity index (χ4n) is 3.01. The molecule has 232 valence electrons. The first kappa shape index (κ1) is 38.6. The molecule has 2 aliphatic rings. The maximum absolute atomic E-state index is 12.3. The summed E-state index contributed by atoms with van der Waals surface area (Å²) >= 11 is 0. The highest BCUT2D eigenvalue weighted by molar-refractivity contribution is 5.73. The number of aliphatic carboxylic acids is 3. The normalized spacial score (nSPS) is 21.2. The summed E-state index contributed by atoms with van der Waals surface area (Å²) in [4.78, 5) is 30.5. The third-order valence-electron chi connectivity index (χ3n) is 4.80. The van der Waals surface area contributed by atoms with Crippen molar-refractivity contribution in [3.63, 3.8) is 0 Å². The Labute approximate surface area is 212 Å². The zero-order chi connectivity index (χ0) is 31.4. The summed E-state index contributed by atoms with van der Waals surface area (Å²) < 4.78 is 132. The van der Waals surface area contributed by atoms with Gasteiger partial charge in [-0.15, -0.1) is 0 Å². The Morgan fingerprint density at radius 2 is 0.897 bits per heavy atom. The number of carboxylic acids is 3. The number of rotatable bonds is 2. The molecule has 2 fully saturated rings. The molecule has 0 bridgehead atoms. The largest absolute Gasteiger partial charge is 0.490 e. The molecule has 0 aromatic rings. The van der Waals surface area contributed by atoms with Crippen molar-refractivity contribution < 1.29 is 82.4 Å². The summed E-state index contributed by atoms with van der Waals surface area (Å²) in [5, 5.41) is 21.4. The van der Waals surface area contributed by atoms with Gasteiger partial charge in [0.15, 0.2) is 0 Å². The van der Waals surface area contributed by atoms with Gasteiger partial charge in [0.2, 0.25) is 0 Å². The van der Waals surface area contributed by atoms with Crippen molar-refractivity contribution in [2.45, 2.75) is 62.5 Å². The number of alkyl halides is 12. The summed E-state index contributed by atoms with van der Waals surface area (Å²) in [5.74, 6) is -8.27. The molecule has 0 atom stereocenters. The first-order chi connectivity index (χ1) is 17.3. The van der Waals surface area contributed by atoms with Crippen LogP contribution >= 0.6 is 0 Å². The highest BCUT2D eigenvalue weighted by atomic mass is 19.4. The second kappa shape index (κ2) is 15.9. The summed E-state index contributed by atoms with van der Waals surface area (Å²) in [6.45, 7) is 1.81. The summed E-state index contributed by atoms with van der Waals surface area (Å²) in [6.07, 6.45) is -15.0. The SMILES string of the molecule is NC1CCC(N2CCN(CC(F)(F)F)CC2)CC1.O=C(O)C(F)(F)F.O=C(O)C(F)(F)F.O=C(O)C(F)(F)F. The van der Waals surface area contributed by atoms with Gasteiger partial charge in [0.05, 0.1) is 6.54 Å². The first-order valence-corrected chi connectivity index (χ1v) is 10.5. The van der Waals surface area contributed by atoms with Crippen LogP contribution in [0.2, 0.25) is 0 Å². The molecule has 1 aliphatic heterocycles. The van der Waals surface area contributed by atoms with Crippen molar-refractivity contribution >= 4 is 17.9 Å². The molecule has 1 aliphatic carbocycles. The third kappa shape index (κ3) is 20.1. The van der Waals surface area contributed by atoms with E-state index in [0.717, 1.165) is 38.8 Å². The Morgan fingerprint density at radius 1 is 0.615 bits per heavy atom. The van der Waals surface area contributed by atoms with Crippen LogP contribution in [-0.2, 0) is 14.4 Å². The minimum Gasteiger partial charge on any atom is -0.475 e. The number of nitrogens with two attached hydrogens (primary N) is 1. The molecule has 1 saturated heterocycles. The van der Waals surface area contributed by atoms with E-state index in [9.17, 15) is 52.7 Å². The van der Waals surface area contributed by atoms with Crippen molar-refractivity contribution in [1.82, 2.24) is 9.80 Å². The van der Waals surface area contributed by atoms with Crippen molar-refractivity contribution in [3.8, 4) is 0 Å². The van der Waals surface area contributed by atoms with Crippen LogP contribution in [0.1, 0.15) is 25.7 Å². The maximum atomic E-state index is 12.3. The maximum Gasteiger partial charge on any atom is 0.490 e. The van der Waals surface area contributed by atoms with Crippen molar-refractivity contribution in [1.29, 1.82) is 0 Å². The predicted octanol–water partition coefficient (Wildman–Crippen LogP) is 3.34. The molecular formula is C18H25F12N3O6. The second-order valence-electron chi connectivity index (χ2n) is 7.90. The summed E-state index contributed by atoms with van der Waals surface area (Å²) in [6, 6.07) is 0.866. The van der Waals surface area contributed by atoms with Gasteiger partial charge in [-0.05, 0) is 25.7 Å². The molecule has 0 spiro atoms. The van der Waals surface area contributed by atoms with Crippen molar-refractivity contribution in [3.05, 3.63) is 0 Å². The fraction of sp³-hybridized carbons (Fsp3) is 0.833. The lowest BCUT2D eigenvalue weighted by Gasteiger charge is -2.41. The van der Waals surface area contributed by atoms with Gasteiger partial charge < -0.3 is 21.1 Å². The Hall–Kier alpha value is -2.55. The molecule has 39 heavy (non-hydrogen) atoms. The van der Waals surface area contributed by atoms with Crippen LogP contribution in [0, 0.1) is 0 Å². The van der Waals surface area contributed by atoms with E-state index in [1.807, 2.05) is 0 Å². The topological polar surface area (TPSA) is 144 Å². The lowest BCUT2D eigenvalue weighted by Crippen LogP contribution is -2.53. The number of nitrogens with zero attached hydrogens (tertiary/aromatic N) is 2. The molecule has 21 heteroatoms. The lowest BCUT2D eigenvalue weighted by molar-refractivity contribution is -0.193. The first-order valence-electron chi connectivity index (χ1n) is 10.5. The summed E-state index contributed by atoms with van der Waals surface area (Å²) in [7, 11) is 0. The Balaban J connectivity index is 0. The average Bonchev–Trinajstić information content (AvgIpc) is 2.73. The number of carboxylic acid groups (broad SMARTS) is 3.